The molecule has 1 aromatic rings. The molecule has 0 saturated heterocycles. The summed E-state index contributed by atoms with van der Waals surface area (Å²) in [5.41, 5.74) is 1.77. The lowest BCUT2D eigenvalue weighted by Gasteiger charge is -2.24. The average molecular weight is 333 g/mol. The van der Waals surface area contributed by atoms with Gasteiger partial charge in [0.05, 0.1) is 19.5 Å². The number of halogens is 1. The van der Waals surface area contributed by atoms with Crippen LogP contribution >= 0.6 is 15.9 Å². The van der Waals surface area contributed by atoms with Crippen molar-refractivity contribution in [2.24, 2.45) is 0 Å². The van der Waals surface area contributed by atoms with E-state index >= 15 is 0 Å². The van der Waals surface area contributed by atoms with Crippen LogP contribution in [0.4, 0.5) is 0 Å². The van der Waals surface area contributed by atoms with E-state index in [4.69, 9.17) is 8.92 Å². The molecule has 0 bridgehead atoms. The minimum Gasteiger partial charge on any atom is -0.374 e. The lowest BCUT2D eigenvalue weighted by atomic mass is 9.99. The van der Waals surface area contributed by atoms with E-state index in [1.165, 1.54) is 0 Å². The summed E-state index contributed by atoms with van der Waals surface area (Å²) in [5.74, 6) is 0. The SMILES string of the molecule is CS(=O)(=O)OC1COCC=C1c1cccc(Br)c1. The Morgan fingerprint density at radius 2 is 2.22 bits per heavy atom. The summed E-state index contributed by atoms with van der Waals surface area (Å²) in [7, 11) is -3.51. The fourth-order valence-corrected chi connectivity index (χ4v) is 2.79. The molecule has 0 saturated carbocycles. The zero-order valence-electron chi connectivity index (χ0n) is 9.80. The van der Waals surface area contributed by atoms with E-state index in [2.05, 4.69) is 15.9 Å². The lowest BCUT2D eigenvalue weighted by molar-refractivity contribution is 0.0851. The first-order valence-electron chi connectivity index (χ1n) is 5.38. The molecule has 1 aliphatic heterocycles. The Balaban J connectivity index is 2.31. The molecular formula is C12H13BrO4S. The van der Waals surface area contributed by atoms with E-state index in [1.807, 2.05) is 30.3 Å². The Labute approximate surface area is 115 Å². The van der Waals surface area contributed by atoms with Gasteiger partial charge < -0.3 is 4.74 Å². The van der Waals surface area contributed by atoms with Gasteiger partial charge >= 0.3 is 0 Å². The van der Waals surface area contributed by atoms with Crippen molar-refractivity contribution in [3.05, 3.63) is 40.4 Å². The van der Waals surface area contributed by atoms with Crippen LogP contribution in [0.5, 0.6) is 0 Å². The van der Waals surface area contributed by atoms with E-state index in [-0.39, 0.29) is 6.61 Å². The number of rotatable bonds is 3. The normalized spacial score (nSPS) is 20.6. The van der Waals surface area contributed by atoms with E-state index in [0.29, 0.717) is 6.61 Å². The van der Waals surface area contributed by atoms with Gasteiger partial charge in [0.1, 0.15) is 6.10 Å². The second-order valence-electron chi connectivity index (χ2n) is 4.00. The van der Waals surface area contributed by atoms with Crippen molar-refractivity contribution in [1.29, 1.82) is 0 Å². The molecule has 0 aliphatic carbocycles. The highest BCUT2D eigenvalue weighted by Gasteiger charge is 2.24. The number of benzene rings is 1. The third kappa shape index (κ3) is 3.65. The van der Waals surface area contributed by atoms with Gasteiger partial charge in [0.25, 0.3) is 10.1 Å². The van der Waals surface area contributed by atoms with E-state index in [9.17, 15) is 8.42 Å². The van der Waals surface area contributed by atoms with Gasteiger partial charge in [-0.25, -0.2) is 0 Å². The smallest absolute Gasteiger partial charge is 0.265 e. The molecule has 0 radical (unpaired) electrons. The Morgan fingerprint density at radius 3 is 2.89 bits per heavy atom. The molecular weight excluding hydrogens is 320 g/mol. The van der Waals surface area contributed by atoms with Crippen molar-refractivity contribution in [2.75, 3.05) is 19.5 Å². The summed E-state index contributed by atoms with van der Waals surface area (Å²) in [6.45, 7) is 0.705. The van der Waals surface area contributed by atoms with Gasteiger partial charge in [0, 0.05) is 4.47 Å². The summed E-state index contributed by atoms with van der Waals surface area (Å²) >= 11 is 3.39. The minimum absolute atomic E-state index is 0.241. The molecule has 1 atom stereocenters. The second-order valence-corrected chi connectivity index (χ2v) is 6.51. The molecule has 18 heavy (non-hydrogen) atoms. The molecule has 0 N–H and O–H groups in total. The van der Waals surface area contributed by atoms with E-state index in [1.54, 1.807) is 0 Å². The maximum atomic E-state index is 11.2. The highest BCUT2D eigenvalue weighted by molar-refractivity contribution is 9.10. The van der Waals surface area contributed by atoms with Crippen LogP contribution in [-0.2, 0) is 19.0 Å². The first-order valence-corrected chi connectivity index (χ1v) is 7.98. The third-order valence-corrected chi connectivity index (χ3v) is 3.56. The van der Waals surface area contributed by atoms with Gasteiger partial charge in [0.2, 0.25) is 0 Å². The van der Waals surface area contributed by atoms with Gasteiger partial charge in [-0.15, -0.1) is 0 Å². The van der Waals surface area contributed by atoms with E-state index in [0.717, 1.165) is 21.9 Å². The molecule has 6 heteroatoms. The molecule has 2 rings (SSSR count). The topological polar surface area (TPSA) is 52.6 Å². The van der Waals surface area contributed by atoms with Crippen LogP contribution in [0, 0.1) is 0 Å². The van der Waals surface area contributed by atoms with Gasteiger partial charge in [0.15, 0.2) is 0 Å². The molecule has 98 valence electrons. The predicted molar refractivity (Wildman–Crippen MR) is 72.7 cm³/mol. The van der Waals surface area contributed by atoms with Crippen LogP contribution in [0.25, 0.3) is 5.57 Å². The number of hydrogen-bond donors (Lipinski definition) is 0. The molecule has 1 unspecified atom stereocenters. The largest absolute Gasteiger partial charge is 0.374 e. The summed E-state index contributed by atoms with van der Waals surface area (Å²) in [6, 6.07) is 7.65. The molecule has 1 heterocycles. The maximum Gasteiger partial charge on any atom is 0.265 e. The summed E-state index contributed by atoms with van der Waals surface area (Å²) in [4.78, 5) is 0. The van der Waals surface area contributed by atoms with Crippen molar-refractivity contribution in [3.63, 3.8) is 0 Å². The van der Waals surface area contributed by atoms with Crippen LogP contribution in [0.3, 0.4) is 0 Å². The number of ether oxygens (including phenoxy) is 1. The van der Waals surface area contributed by atoms with Gasteiger partial charge in [-0.2, -0.15) is 8.42 Å². The molecule has 0 fully saturated rings. The molecule has 0 spiro atoms. The van der Waals surface area contributed by atoms with E-state index < -0.39 is 16.2 Å². The monoisotopic (exact) mass is 332 g/mol. The first kappa shape index (κ1) is 13.7. The van der Waals surface area contributed by atoms with Crippen LogP contribution < -0.4 is 0 Å². The highest BCUT2D eigenvalue weighted by Crippen LogP contribution is 2.27. The maximum absolute atomic E-state index is 11.2. The van der Waals surface area contributed by atoms with Crippen molar-refractivity contribution >= 4 is 31.6 Å². The van der Waals surface area contributed by atoms with Crippen LogP contribution in [-0.4, -0.2) is 34.0 Å². The molecule has 0 aromatic heterocycles. The Hall–Kier alpha value is -0.690. The quantitative estimate of drug-likeness (QED) is 0.796. The van der Waals surface area contributed by atoms with Crippen molar-refractivity contribution < 1.29 is 17.3 Å². The standard InChI is InChI=1S/C12H13BrO4S/c1-18(14,15)17-12-8-16-6-5-11(12)9-3-2-4-10(13)7-9/h2-5,7,12H,6,8H2,1H3. The fraction of sp³-hybridized carbons (Fsp3) is 0.333. The molecule has 0 amide bonds. The zero-order chi connectivity index (χ0) is 13.2. The first-order chi connectivity index (χ1) is 8.46. The second kappa shape index (κ2) is 5.52. The zero-order valence-corrected chi connectivity index (χ0v) is 12.2. The Bertz CT molecular complexity index is 565. The summed E-state index contributed by atoms with van der Waals surface area (Å²) in [6.07, 6.45) is 2.31. The third-order valence-electron chi connectivity index (χ3n) is 2.49. The van der Waals surface area contributed by atoms with Gasteiger partial charge in [-0.1, -0.05) is 34.1 Å². The van der Waals surface area contributed by atoms with Gasteiger partial charge in [-0.05, 0) is 23.3 Å². The van der Waals surface area contributed by atoms with Crippen molar-refractivity contribution in [1.82, 2.24) is 0 Å². The van der Waals surface area contributed by atoms with Crippen LogP contribution in [0.15, 0.2) is 34.8 Å². The molecule has 4 nitrogen and oxygen atoms in total. The van der Waals surface area contributed by atoms with Crippen LogP contribution in [0.1, 0.15) is 5.56 Å². The van der Waals surface area contributed by atoms with Gasteiger partial charge in [-0.3, -0.25) is 4.18 Å². The summed E-state index contributed by atoms with van der Waals surface area (Å²) < 4.78 is 33.7. The average Bonchev–Trinajstić information content (AvgIpc) is 2.27. The van der Waals surface area contributed by atoms with Crippen LogP contribution in [0.2, 0.25) is 0 Å². The number of hydrogen-bond acceptors (Lipinski definition) is 4. The fourth-order valence-electron chi connectivity index (χ4n) is 1.81. The molecule has 1 aromatic carbocycles. The van der Waals surface area contributed by atoms with Crippen molar-refractivity contribution in [3.8, 4) is 0 Å². The lowest BCUT2D eigenvalue weighted by Crippen LogP contribution is -2.28. The minimum atomic E-state index is -3.51. The Kier molecular flexibility index (Phi) is 4.21. The molecule has 1 aliphatic rings. The summed E-state index contributed by atoms with van der Waals surface area (Å²) in [5, 5.41) is 0. The Morgan fingerprint density at radius 1 is 1.44 bits per heavy atom. The van der Waals surface area contributed by atoms with Crippen molar-refractivity contribution in [2.45, 2.75) is 6.10 Å². The highest BCUT2D eigenvalue weighted by atomic mass is 79.9. The predicted octanol–water partition coefficient (Wildman–Crippen LogP) is 2.21.